The van der Waals surface area contributed by atoms with Gasteiger partial charge in [0.05, 0.1) is 0 Å². The molecule has 0 saturated carbocycles. The minimum atomic E-state index is 0.650. The van der Waals surface area contributed by atoms with Crippen LogP contribution in [0.4, 0.5) is 0 Å². The van der Waals surface area contributed by atoms with E-state index in [0.29, 0.717) is 6.04 Å². The predicted molar refractivity (Wildman–Crippen MR) is 78.5 cm³/mol. The van der Waals surface area contributed by atoms with E-state index in [2.05, 4.69) is 51.8 Å². The normalized spacial score (nSPS) is 13.9. The molecule has 2 heteroatoms. The average Bonchev–Trinajstić information content (AvgIpc) is 2.21. The Labute approximate surface area is 109 Å². The minimum Gasteiger partial charge on any atom is -0.314 e. The van der Waals surface area contributed by atoms with Crippen molar-refractivity contribution in [2.24, 2.45) is 11.8 Å². The van der Waals surface area contributed by atoms with Crippen molar-refractivity contribution >= 4 is 0 Å². The van der Waals surface area contributed by atoms with Crippen LogP contribution in [0.1, 0.15) is 54.4 Å². The van der Waals surface area contributed by atoms with E-state index in [4.69, 9.17) is 0 Å². The number of nitrogens with one attached hydrogen (secondary N) is 1. The Kier molecular flexibility index (Phi) is 9.85. The largest absolute Gasteiger partial charge is 0.314 e. The van der Waals surface area contributed by atoms with Crippen LogP contribution in [0.3, 0.4) is 0 Å². The number of hydrogen-bond donors (Lipinski definition) is 1. The first kappa shape index (κ1) is 16.9. The molecule has 0 aliphatic rings. The van der Waals surface area contributed by atoms with Crippen LogP contribution in [0.15, 0.2) is 0 Å². The summed E-state index contributed by atoms with van der Waals surface area (Å²) in [6.45, 7) is 18.6. The number of nitrogens with zero attached hydrogens (tertiary/aromatic N) is 1. The van der Waals surface area contributed by atoms with Crippen molar-refractivity contribution in [2.45, 2.75) is 60.4 Å². The molecule has 104 valence electrons. The quantitative estimate of drug-likeness (QED) is 0.632. The lowest BCUT2D eigenvalue weighted by Crippen LogP contribution is -2.36. The van der Waals surface area contributed by atoms with Crippen LogP contribution in [-0.4, -0.2) is 37.1 Å². The lowest BCUT2D eigenvalue weighted by atomic mass is 10.1. The molecule has 0 rings (SSSR count). The molecule has 0 spiro atoms. The molecule has 0 amide bonds. The van der Waals surface area contributed by atoms with Gasteiger partial charge in [0.1, 0.15) is 0 Å². The fourth-order valence-electron chi connectivity index (χ4n) is 2.16. The second-order valence-corrected chi connectivity index (χ2v) is 6.19. The van der Waals surface area contributed by atoms with Crippen molar-refractivity contribution in [3.05, 3.63) is 0 Å². The lowest BCUT2D eigenvalue weighted by Gasteiger charge is -2.27. The van der Waals surface area contributed by atoms with E-state index in [9.17, 15) is 0 Å². The van der Waals surface area contributed by atoms with E-state index in [-0.39, 0.29) is 0 Å². The van der Waals surface area contributed by atoms with Crippen LogP contribution in [0.25, 0.3) is 0 Å². The molecule has 0 aromatic rings. The van der Waals surface area contributed by atoms with Crippen molar-refractivity contribution in [1.29, 1.82) is 0 Å². The highest BCUT2D eigenvalue weighted by molar-refractivity contribution is 4.67. The van der Waals surface area contributed by atoms with E-state index in [1.807, 2.05) is 0 Å². The Morgan fingerprint density at radius 2 is 1.47 bits per heavy atom. The molecule has 0 aliphatic heterocycles. The van der Waals surface area contributed by atoms with E-state index < -0.39 is 0 Å². The predicted octanol–water partition coefficient (Wildman–Crippen LogP) is 3.38. The highest BCUT2D eigenvalue weighted by atomic mass is 15.1. The third-order valence-electron chi connectivity index (χ3n) is 2.87. The van der Waals surface area contributed by atoms with E-state index in [0.717, 1.165) is 18.4 Å². The van der Waals surface area contributed by atoms with Gasteiger partial charge in [0.25, 0.3) is 0 Å². The molecule has 0 aromatic carbocycles. The molecular weight excluding hydrogens is 208 g/mol. The molecule has 0 aliphatic carbocycles. The topological polar surface area (TPSA) is 15.3 Å². The van der Waals surface area contributed by atoms with Crippen LogP contribution in [0.5, 0.6) is 0 Å². The van der Waals surface area contributed by atoms with Crippen molar-refractivity contribution < 1.29 is 0 Å². The van der Waals surface area contributed by atoms with E-state index >= 15 is 0 Å². The standard InChI is InChI=1S/C15H34N2/c1-7-9-16-15(6)8-10-17(11-13(2)3)12-14(4)5/h13-16H,7-12H2,1-6H3. The first-order valence-electron chi connectivity index (χ1n) is 7.41. The summed E-state index contributed by atoms with van der Waals surface area (Å²) in [5.41, 5.74) is 0. The van der Waals surface area contributed by atoms with Crippen molar-refractivity contribution in [1.82, 2.24) is 10.2 Å². The monoisotopic (exact) mass is 242 g/mol. The highest BCUT2D eigenvalue weighted by Gasteiger charge is 2.10. The van der Waals surface area contributed by atoms with Crippen LogP contribution in [-0.2, 0) is 0 Å². The summed E-state index contributed by atoms with van der Waals surface area (Å²) in [6, 6.07) is 0.650. The summed E-state index contributed by atoms with van der Waals surface area (Å²) in [7, 11) is 0. The smallest absolute Gasteiger partial charge is 0.00508 e. The first-order chi connectivity index (χ1) is 7.95. The Bertz CT molecular complexity index is 156. The molecule has 0 bridgehead atoms. The maximum atomic E-state index is 3.57. The van der Waals surface area contributed by atoms with Gasteiger partial charge in [-0.3, -0.25) is 0 Å². The van der Waals surface area contributed by atoms with E-state index in [1.165, 1.54) is 32.5 Å². The van der Waals surface area contributed by atoms with Crippen LogP contribution >= 0.6 is 0 Å². The highest BCUT2D eigenvalue weighted by Crippen LogP contribution is 2.05. The fraction of sp³-hybridized carbons (Fsp3) is 1.00. The molecule has 0 fully saturated rings. The summed E-state index contributed by atoms with van der Waals surface area (Å²) < 4.78 is 0. The maximum absolute atomic E-state index is 3.57. The van der Waals surface area contributed by atoms with E-state index in [1.54, 1.807) is 0 Å². The Morgan fingerprint density at radius 3 is 1.88 bits per heavy atom. The Morgan fingerprint density at radius 1 is 0.941 bits per heavy atom. The van der Waals surface area contributed by atoms with Crippen LogP contribution in [0.2, 0.25) is 0 Å². The Balaban J connectivity index is 3.88. The SMILES string of the molecule is CCCNC(C)CCN(CC(C)C)CC(C)C. The summed E-state index contributed by atoms with van der Waals surface area (Å²) >= 11 is 0. The summed E-state index contributed by atoms with van der Waals surface area (Å²) in [4.78, 5) is 2.62. The molecule has 0 heterocycles. The van der Waals surface area contributed by atoms with Crippen LogP contribution < -0.4 is 5.32 Å². The molecule has 17 heavy (non-hydrogen) atoms. The van der Waals surface area contributed by atoms with Gasteiger partial charge in [0, 0.05) is 19.1 Å². The minimum absolute atomic E-state index is 0.650. The van der Waals surface area contributed by atoms with Gasteiger partial charge >= 0.3 is 0 Å². The van der Waals surface area contributed by atoms with Gasteiger partial charge in [-0.1, -0.05) is 34.6 Å². The Hall–Kier alpha value is -0.0800. The van der Waals surface area contributed by atoms with Gasteiger partial charge in [-0.15, -0.1) is 0 Å². The third kappa shape index (κ3) is 10.8. The second-order valence-electron chi connectivity index (χ2n) is 6.19. The first-order valence-corrected chi connectivity index (χ1v) is 7.41. The summed E-state index contributed by atoms with van der Waals surface area (Å²) in [6.07, 6.45) is 2.49. The van der Waals surface area contributed by atoms with Gasteiger partial charge in [0.2, 0.25) is 0 Å². The average molecular weight is 242 g/mol. The second kappa shape index (κ2) is 9.90. The van der Waals surface area contributed by atoms with Gasteiger partial charge in [-0.05, 0) is 44.7 Å². The molecule has 1 unspecified atom stereocenters. The molecule has 1 atom stereocenters. The zero-order chi connectivity index (χ0) is 13.3. The summed E-state index contributed by atoms with van der Waals surface area (Å²) in [5.74, 6) is 1.54. The molecule has 0 saturated heterocycles. The molecule has 2 nitrogen and oxygen atoms in total. The number of hydrogen-bond acceptors (Lipinski definition) is 2. The summed E-state index contributed by atoms with van der Waals surface area (Å²) in [5, 5.41) is 3.57. The van der Waals surface area contributed by atoms with Gasteiger partial charge in [0.15, 0.2) is 0 Å². The van der Waals surface area contributed by atoms with Gasteiger partial charge in [-0.25, -0.2) is 0 Å². The number of rotatable bonds is 10. The fourth-order valence-corrected chi connectivity index (χ4v) is 2.16. The molecule has 0 radical (unpaired) electrons. The molecular formula is C15H34N2. The molecule has 0 aromatic heterocycles. The van der Waals surface area contributed by atoms with Gasteiger partial charge < -0.3 is 10.2 Å². The van der Waals surface area contributed by atoms with Crippen LogP contribution in [0, 0.1) is 11.8 Å². The third-order valence-corrected chi connectivity index (χ3v) is 2.87. The zero-order valence-electron chi connectivity index (χ0n) is 12.9. The van der Waals surface area contributed by atoms with Crippen molar-refractivity contribution in [3.8, 4) is 0 Å². The zero-order valence-corrected chi connectivity index (χ0v) is 12.9. The van der Waals surface area contributed by atoms with Crippen molar-refractivity contribution in [3.63, 3.8) is 0 Å². The van der Waals surface area contributed by atoms with Crippen molar-refractivity contribution in [2.75, 3.05) is 26.2 Å². The maximum Gasteiger partial charge on any atom is 0.00508 e. The van der Waals surface area contributed by atoms with Gasteiger partial charge in [-0.2, -0.15) is 0 Å². The lowest BCUT2D eigenvalue weighted by molar-refractivity contribution is 0.210. The molecule has 1 N–H and O–H groups in total.